The number of carbonyl (C=O) groups is 1. The average molecular weight is 337 g/mol. The SMILES string of the molecule is COc1ccc(NC(=O)CN2CC[C@@H]3CCCC[C@@H]3C2)cc1Cl. The molecule has 2 atom stereocenters. The second-order valence-electron chi connectivity index (χ2n) is 6.73. The van der Waals surface area contributed by atoms with Crippen molar-refractivity contribution in [1.82, 2.24) is 4.90 Å². The van der Waals surface area contributed by atoms with Crippen LogP contribution in [0.3, 0.4) is 0 Å². The molecule has 23 heavy (non-hydrogen) atoms. The van der Waals surface area contributed by atoms with Gasteiger partial charge < -0.3 is 10.1 Å². The van der Waals surface area contributed by atoms with Gasteiger partial charge in [0.2, 0.25) is 5.91 Å². The number of ether oxygens (including phenoxy) is 1. The van der Waals surface area contributed by atoms with Gasteiger partial charge in [0, 0.05) is 12.2 Å². The molecule has 126 valence electrons. The van der Waals surface area contributed by atoms with E-state index < -0.39 is 0 Å². The number of fused-ring (bicyclic) bond motifs is 1. The highest BCUT2D eigenvalue weighted by atomic mass is 35.5. The third kappa shape index (κ3) is 4.18. The van der Waals surface area contributed by atoms with E-state index in [0.29, 0.717) is 23.0 Å². The van der Waals surface area contributed by atoms with Crippen LogP contribution in [-0.2, 0) is 4.79 Å². The molecule has 1 aromatic rings. The minimum Gasteiger partial charge on any atom is -0.495 e. The first-order chi connectivity index (χ1) is 11.2. The Kier molecular flexibility index (Phi) is 5.44. The van der Waals surface area contributed by atoms with E-state index in [2.05, 4.69) is 10.2 Å². The van der Waals surface area contributed by atoms with Gasteiger partial charge >= 0.3 is 0 Å². The third-order valence-corrected chi connectivity index (χ3v) is 5.47. The van der Waals surface area contributed by atoms with Crippen LogP contribution in [0.5, 0.6) is 5.75 Å². The zero-order valence-corrected chi connectivity index (χ0v) is 14.4. The van der Waals surface area contributed by atoms with Crippen LogP contribution in [0.2, 0.25) is 5.02 Å². The van der Waals surface area contributed by atoms with E-state index in [1.54, 1.807) is 19.2 Å². The van der Waals surface area contributed by atoms with E-state index in [9.17, 15) is 4.79 Å². The Morgan fingerprint density at radius 2 is 2.09 bits per heavy atom. The standard InChI is InChI=1S/C18H25ClN2O2/c1-23-17-7-6-15(10-16(17)19)20-18(22)12-21-9-8-13-4-2-3-5-14(13)11-21/h6-7,10,13-14H,2-5,8-9,11-12H2,1H3,(H,20,22)/t13-,14+/m0/s1. The Bertz CT molecular complexity index is 564. The molecule has 0 unspecified atom stereocenters. The minimum absolute atomic E-state index is 0.0282. The Morgan fingerprint density at radius 1 is 1.30 bits per heavy atom. The first-order valence-corrected chi connectivity index (χ1v) is 8.89. The highest BCUT2D eigenvalue weighted by molar-refractivity contribution is 6.32. The van der Waals surface area contributed by atoms with E-state index in [-0.39, 0.29) is 5.91 Å². The van der Waals surface area contributed by atoms with Gasteiger partial charge in [0.1, 0.15) is 5.75 Å². The van der Waals surface area contributed by atoms with Crippen LogP contribution in [0, 0.1) is 11.8 Å². The molecule has 0 radical (unpaired) electrons. The third-order valence-electron chi connectivity index (χ3n) is 5.18. The zero-order valence-electron chi connectivity index (χ0n) is 13.7. The Hall–Kier alpha value is -1.26. The summed E-state index contributed by atoms with van der Waals surface area (Å²) in [6.45, 7) is 2.58. The summed E-state index contributed by atoms with van der Waals surface area (Å²) >= 11 is 6.09. The van der Waals surface area contributed by atoms with Gasteiger partial charge in [-0.2, -0.15) is 0 Å². The second-order valence-corrected chi connectivity index (χ2v) is 7.13. The fraction of sp³-hybridized carbons (Fsp3) is 0.611. The number of methoxy groups -OCH3 is 1. The van der Waals surface area contributed by atoms with E-state index in [1.165, 1.54) is 32.1 Å². The lowest BCUT2D eigenvalue weighted by Crippen LogP contribution is -2.44. The topological polar surface area (TPSA) is 41.6 Å². The molecule has 2 fully saturated rings. The number of nitrogens with one attached hydrogen (secondary N) is 1. The lowest BCUT2D eigenvalue weighted by atomic mass is 9.75. The molecular weight excluding hydrogens is 312 g/mol. The molecule has 1 saturated carbocycles. The van der Waals surface area contributed by atoms with Crippen LogP contribution in [-0.4, -0.2) is 37.6 Å². The molecule has 3 rings (SSSR count). The molecular formula is C18H25ClN2O2. The number of amides is 1. The van der Waals surface area contributed by atoms with Gasteiger partial charge in [0.05, 0.1) is 18.7 Å². The number of piperidine rings is 1. The van der Waals surface area contributed by atoms with Crippen molar-refractivity contribution in [2.45, 2.75) is 32.1 Å². The fourth-order valence-corrected chi connectivity index (χ4v) is 4.23. The molecule has 0 aromatic heterocycles. The number of likely N-dealkylation sites (tertiary alicyclic amines) is 1. The monoisotopic (exact) mass is 336 g/mol. The van der Waals surface area contributed by atoms with Crippen molar-refractivity contribution in [2.75, 3.05) is 32.1 Å². The molecule has 0 bridgehead atoms. The van der Waals surface area contributed by atoms with Crippen molar-refractivity contribution < 1.29 is 9.53 Å². The second kappa shape index (κ2) is 7.54. The molecule has 0 spiro atoms. The highest BCUT2D eigenvalue weighted by Gasteiger charge is 2.31. The summed E-state index contributed by atoms with van der Waals surface area (Å²) in [6, 6.07) is 5.31. The summed E-state index contributed by atoms with van der Waals surface area (Å²) in [5.74, 6) is 2.33. The van der Waals surface area contributed by atoms with Crippen LogP contribution in [0.4, 0.5) is 5.69 Å². The van der Waals surface area contributed by atoms with Gasteiger partial charge in [-0.1, -0.05) is 30.9 Å². The summed E-state index contributed by atoms with van der Waals surface area (Å²) in [5.41, 5.74) is 0.716. The van der Waals surface area contributed by atoms with Crippen LogP contribution in [0.15, 0.2) is 18.2 Å². The molecule has 1 aliphatic heterocycles. The predicted molar refractivity (Wildman–Crippen MR) is 93.1 cm³/mol. The van der Waals surface area contributed by atoms with Crippen molar-refractivity contribution in [3.05, 3.63) is 23.2 Å². The van der Waals surface area contributed by atoms with Crippen LogP contribution in [0.25, 0.3) is 0 Å². The van der Waals surface area contributed by atoms with Crippen molar-refractivity contribution >= 4 is 23.2 Å². The van der Waals surface area contributed by atoms with Gasteiger partial charge in [-0.15, -0.1) is 0 Å². The summed E-state index contributed by atoms with van der Waals surface area (Å²) in [5, 5.41) is 3.44. The quantitative estimate of drug-likeness (QED) is 0.909. The van der Waals surface area contributed by atoms with Crippen molar-refractivity contribution in [1.29, 1.82) is 0 Å². The number of hydrogen-bond acceptors (Lipinski definition) is 3. The smallest absolute Gasteiger partial charge is 0.238 e. The molecule has 5 heteroatoms. The van der Waals surface area contributed by atoms with E-state index in [1.807, 2.05) is 6.07 Å². The zero-order chi connectivity index (χ0) is 16.2. The molecule has 1 N–H and O–H groups in total. The van der Waals surface area contributed by atoms with Crippen LogP contribution >= 0.6 is 11.6 Å². The molecule has 1 heterocycles. The fourth-order valence-electron chi connectivity index (χ4n) is 3.97. The van der Waals surface area contributed by atoms with Crippen molar-refractivity contribution in [3.63, 3.8) is 0 Å². The maximum atomic E-state index is 12.3. The number of rotatable bonds is 4. The van der Waals surface area contributed by atoms with E-state index >= 15 is 0 Å². The molecule has 1 aliphatic carbocycles. The van der Waals surface area contributed by atoms with Gasteiger partial charge in [-0.25, -0.2) is 0 Å². The number of carbonyl (C=O) groups excluding carboxylic acids is 1. The number of anilines is 1. The predicted octanol–water partition coefficient (Wildman–Crippen LogP) is 3.80. The van der Waals surface area contributed by atoms with Crippen LogP contribution in [0.1, 0.15) is 32.1 Å². The lowest BCUT2D eigenvalue weighted by Gasteiger charge is -2.41. The number of hydrogen-bond donors (Lipinski definition) is 1. The maximum Gasteiger partial charge on any atom is 0.238 e. The Balaban J connectivity index is 1.52. The first-order valence-electron chi connectivity index (χ1n) is 8.51. The minimum atomic E-state index is 0.0282. The van der Waals surface area contributed by atoms with E-state index in [0.717, 1.165) is 24.9 Å². The Labute approximate surface area is 143 Å². The van der Waals surface area contributed by atoms with Crippen molar-refractivity contribution in [3.8, 4) is 5.75 Å². The normalized spacial score (nSPS) is 24.8. The number of nitrogens with zero attached hydrogens (tertiary/aromatic N) is 1. The van der Waals surface area contributed by atoms with Gasteiger partial charge in [0.15, 0.2) is 0 Å². The maximum absolute atomic E-state index is 12.3. The number of benzene rings is 1. The van der Waals surface area contributed by atoms with E-state index in [4.69, 9.17) is 16.3 Å². The molecule has 2 aliphatic rings. The molecule has 4 nitrogen and oxygen atoms in total. The summed E-state index contributed by atoms with van der Waals surface area (Å²) < 4.78 is 5.12. The molecule has 1 saturated heterocycles. The summed E-state index contributed by atoms with van der Waals surface area (Å²) in [7, 11) is 1.58. The van der Waals surface area contributed by atoms with Gasteiger partial charge in [0.25, 0.3) is 0 Å². The summed E-state index contributed by atoms with van der Waals surface area (Å²) in [6.07, 6.45) is 6.70. The van der Waals surface area contributed by atoms with Gasteiger partial charge in [-0.05, 0) is 49.4 Å². The molecule has 1 amide bonds. The average Bonchev–Trinajstić information content (AvgIpc) is 2.55. The van der Waals surface area contributed by atoms with Gasteiger partial charge in [-0.3, -0.25) is 9.69 Å². The van der Waals surface area contributed by atoms with Crippen molar-refractivity contribution in [2.24, 2.45) is 11.8 Å². The first kappa shape index (κ1) is 16.6. The molecule has 1 aromatic carbocycles. The van der Waals surface area contributed by atoms with Crippen LogP contribution < -0.4 is 10.1 Å². The Morgan fingerprint density at radius 3 is 2.83 bits per heavy atom. The lowest BCUT2D eigenvalue weighted by molar-refractivity contribution is -0.118. The highest BCUT2D eigenvalue weighted by Crippen LogP contribution is 2.36. The number of halogens is 1. The summed E-state index contributed by atoms with van der Waals surface area (Å²) in [4.78, 5) is 14.6. The largest absolute Gasteiger partial charge is 0.495 e.